The Morgan fingerprint density at radius 2 is 1.94 bits per heavy atom. The average molecular weight is 425 g/mol. The normalized spacial score (nSPS) is 36.0. The number of anilines is 1. The Morgan fingerprint density at radius 1 is 1.19 bits per heavy atom. The fourth-order valence-corrected chi connectivity index (χ4v) is 6.72. The summed E-state index contributed by atoms with van der Waals surface area (Å²) in [6.45, 7) is 11.6. The first-order valence-electron chi connectivity index (χ1n) is 12.0. The Labute approximate surface area is 186 Å². The summed E-state index contributed by atoms with van der Waals surface area (Å²) in [6.07, 6.45) is 5.86. The van der Waals surface area contributed by atoms with Gasteiger partial charge in [-0.2, -0.15) is 0 Å². The molecule has 2 heterocycles. The smallest absolute Gasteiger partial charge is 0.310 e. The van der Waals surface area contributed by atoms with E-state index in [0.717, 1.165) is 57.7 Å². The highest BCUT2D eigenvalue weighted by Crippen LogP contribution is 2.56. The lowest BCUT2D eigenvalue weighted by molar-refractivity contribution is -0.146. The van der Waals surface area contributed by atoms with Crippen LogP contribution in [0.15, 0.2) is 36.4 Å². The number of fused-ring (bicyclic) bond motifs is 2. The Bertz CT molecular complexity index is 830. The number of carbonyl (C=O) groups is 1. The fourth-order valence-electron chi connectivity index (χ4n) is 6.72. The van der Waals surface area contributed by atoms with E-state index in [2.05, 4.69) is 35.4 Å². The molecule has 5 nitrogen and oxygen atoms in total. The molecule has 0 amide bonds. The van der Waals surface area contributed by atoms with Crippen molar-refractivity contribution in [3.05, 3.63) is 36.4 Å². The summed E-state index contributed by atoms with van der Waals surface area (Å²) >= 11 is 0. The van der Waals surface area contributed by atoms with Crippen molar-refractivity contribution in [3.8, 4) is 5.75 Å². The topological polar surface area (TPSA) is 42.0 Å². The lowest BCUT2D eigenvalue weighted by Crippen LogP contribution is -2.50. The molecule has 0 radical (unpaired) electrons. The summed E-state index contributed by atoms with van der Waals surface area (Å²) in [5.41, 5.74) is 2.93. The van der Waals surface area contributed by atoms with Crippen molar-refractivity contribution in [3.63, 3.8) is 0 Å². The van der Waals surface area contributed by atoms with Crippen LogP contribution >= 0.6 is 0 Å². The second kappa shape index (κ2) is 8.16. The average Bonchev–Trinajstić information content (AvgIpc) is 3.06. The van der Waals surface area contributed by atoms with Gasteiger partial charge in [0.15, 0.2) is 0 Å². The summed E-state index contributed by atoms with van der Waals surface area (Å²) in [4.78, 5) is 17.7. The number of esters is 1. The number of benzene rings is 1. The van der Waals surface area contributed by atoms with Crippen LogP contribution in [0, 0.1) is 23.2 Å². The van der Waals surface area contributed by atoms with Gasteiger partial charge in [0.25, 0.3) is 0 Å². The van der Waals surface area contributed by atoms with Gasteiger partial charge < -0.3 is 14.4 Å². The molecule has 2 saturated heterocycles. The molecular formula is C26H36N2O3. The minimum atomic E-state index is 0.0248. The van der Waals surface area contributed by atoms with Gasteiger partial charge in [-0.1, -0.05) is 19.1 Å². The molecule has 0 aromatic heterocycles. The second-order valence-electron chi connectivity index (χ2n) is 10.4. The highest BCUT2D eigenvalue weighted by molar-refractivity contribution is 5.75. The Balaban J connectivity index is 1.21. The molecule has 1 unspecified atom stereocenters. The van der Waals surface area contributed by atoms with Crippen molar-refractivity contribution in [2.24, 2.45) is 23.2 Å². The van der Waals surface area contributed by atoms with Gasteiger partial charge in [-0.3, -0.25) is 9.69 Å². The van der Waals surface area contributed by atoms with Gasteiger partial charge in [0.1, 0.15) is 11.9 Å². The van der Waals surface area contributed by atoms with Crippen LogP contribution in [-0.2, 0) is 9.53 Å². The number of nitrogens with zero attached hydrogens (tertiary/aromatic N) is 2. The van der Waals surface area contributed by atoms with E-state index in [4.69, 9.17) is 9.47 Å². The zero-order valence-corrected chi connectivity index (χ0v) is 19.0. The predicted molar refractivity (Wildman–Crippen MR) is 122 cm³/mol. The number of allylic oxidation sites excluding steroid dienone is 1. The van der Waals surface area contributed by atoms with Crippen LogP contribution in [0.3, 0.4) is 0 Å². The lowest BCUT2D eigenvalue weighted by atomic mass is 9.55. The highest BCUT2D eigenvalue weighted by Gasteiger charge is 2.55. The molecule has 5 rings (SSSR count). The van der Waals surface area contributed by atoms with Crippen LogP contribution in [-0.4, -0.2) is 56.8 Å². The van der Waals surface area contributed by atoms with Crippen molar-refractivity contribution in [2.75, 3.05) is 44.7 Å². The monoisotopic (exact) mass is 424 g/mol. The fraction of sp³-hybridized carbons (Fsp3) is 0.654. The molecule has 1 aromatic carbocycles. The van der Waals surface area contributed by atoms with Gasteiger partial charge in [0.05, 0.1) is 13.0 Å². The maximum absolute atomic E-state index is 12.9. The van der Waals surface area contributed by atoms with E-state index < -0.39 is 0 Å². The van der Waals surface area contributed by atoms with Crippen molar-refractivity contribution < 1.29 is 14.3 Å². The van der Waals surface area contributed by atoms with Crippen LogP contribution in [0.4, 0.5) is 5.69 Å². The Hall–Kier alpha value is -2.01. The van der Waals surface area contributed by atoms with Gasteiger partial charge >= 0.3 is 5.97 Å². The molecule has 2 aliphatic heterocycles. The molecule has 2 aliphatic carbocycles. The van der Waals surface area contributed by atoms with E-state index in [1.54, 1.807) is 7.11 Å². The Kier molecular flexibility index (Phi) is 5.49. The molecule has 4 fully saturated rings. The number of carbonyl (C=O) groups excluding carboxylic acids is 1. The molecule has 0 N–H and O–H groups in total. The molecule has 5 atom stereocenters. The van der Waals surface area contributed by atoms with Crippen molar-refractivity contribution >= 4 is 11.7 Å². The van der Waals surface area contributed by atoms with Crippen LogP contribution in [0.1, 0.15) is 39.0 Å². The minimum Gasteiger partial charge on any atom is -0.497 e. The van der Waals surface area contributed by atoms with Gasteiger partial charge in [-0.25, -0.2) is 0 Å². The van der Waals surface area contributed by atoms with Crippen molar-refractivity contribution in [2.45, 2.75) is 45.1 Å². The third kappa shape index (κ3) is 3.86. The van der Waals surface area contributed by atoms with E-state index in [1.165, 1.54) is 24.1 Å². The number of ether oxygens (including phenoxy) is 2. The van der Waals surface area contributed by atoms with E-state index in [9.17, 15) is 4.79 Å². The van der Waals surface area contributed by atoms with Gasteiger partial charge in [-0.05, 0) is 67.7 Å². The summed E-state index contributed by atoms with van der Waals surface area (Å²) in [7, 11) is 1.70. The molecular weight excluding hydrogens is 388 g/mol. The second-order valence-corrected chi connectivity index (χ2v) is 10.4. The van der Waals surface area contributed by atoms with Crippen molar-refractivity contribution in [1.82, 2.24) is 4.90 Å². The lowest BCUT2D eigenvalue weighted by Gasteiger charge is -2.50. The molecule has 4 aliphatic rings. The number of rotatable bonds is 4. The summed E-state index contributed by atoms with van der Waals surface area (Å²) in [6, 6.07) is 8.30. The minimum absolute atomic E-state index is 0.0248. The quantitative estimate of drug-likeness (QED) is 0.537. The van der Waals surface area contributed by atoms with E-state index in [1.807, 2.05) is 12.1 Å². The number of piperazine rings is 1. The molecule has 2 saturated carbocycles. The van der Waals surface area contributed by atoms with Crippen LogP contribution in [0.2, 0.25) is 0 Å². The Morgan fingerprint density at radius 3 is 2.65 bits per heavy atom. The molecule has 1 aromatic rings. The van der Waals surface area contributed by atoms with E-state index in [-0.39, 0.29) is 23.4 Å². The molecule has 168 valence electrons. The largest absolute Gasteiger partial charge is 0.497 e. The zero-order valence-electron chi connectivity index (χ0n) is 19.0. The summed E-state index contributed by atoms with van der Waals surface area (Å²) in [5, 5.41) is 0. The summed E-state index contributed by atoms with van der Waals surface area (Å²) < 4.78 is 11.2. The zero-order chi connectivity index (χ0) is 21.6. The predicted octanol–water partition coefficient (Wildman–Crippen LogP) is 4.13. The standard InChI is InChI=1S/C26H36N2O3/c1-18-5-4-10-26(2)16-24-21(15-23(18)26)22(25(29)31-24)17-27-11-13-28(14-12-27)19-6-8-20(30-3)9-7-19/h6-9,21-24H,1,4-5,10-17H2,2-3H3/t21-,22?,23+,24-,26-/m1/s1. The van der Waals surface area contributed by atoms with Gasteiger partial charge in [0.2, 0.25) is 0 Å². The van der Waals surface area contributed by atoms with Crippen LogP contribution in [0.25, 0.3) is 0 Å². The number of hydrogen-bond donors (Lipinski definition) is 0. The van der Waals surface area contributed by atoms with Crippen LogP contribution < -0.4 is 9.64 Å². The maximum atomic E-state index is 12.9. The first-order chi connectivity index (χ1) is 15.0. The number of hydrogen-bond acceptors (Lipinski definition) is 5. The molecule has 31 heavy (non-hydrogen) atoms. The van der Waals surface area contributed by atoms with Gasteiger partial charge in [-0.15, -0.1) is 0 Å². The molecule has 0 bridgehead atoms. The first-order valence-corrected chi connectivity index (χ1v) is 12.0. The van der Waals surface area contributed by atoms with Crippen molar-refractivity contribution in [1.29, 1.82) is 0 Å². The maximum Gasteiger partial charge on any atom is 0.310 e. The summed E-state index contributed by atoms with van der Waals surface area (Å²) in [5.74, 6) is 1.88. The number of methoxy groups -OCH3 is 1. The van der Waals surface area contributed by atoms with Crippen LogP contribution in [0.5, 0.6) is 5.75 Å². The van der Waals surface area contributed by atoms with E-state index in [0.29, 0.717) is 11.8 Å². The highest BCUT2D eigenvalue weighted by atomic mass is 16.6. The third-order valence-corrected chi connectivity index (χ3v) is 8.58. The SMILES string of the molecule is C=C1CCC[C@]2(C)C[C@H]3OC(=O)C(CN4CCN(c5ccc(OC)cc5)CC4)[C@H]3C[C@@H]12. The molecule has 0 spiro atoms. The third-order valence-electron chi connectivity index (χ3n) is 8.58. The van der Waals surface area contributed by atoms with E-state index >= 15 is 0 Å². The first kappa shape index (κ1) is 20.9. The molecule has 5 heteroatoms. The van der Waals surface area contributed by atoms with Gasteiger partial charge in [0, 0.05) is 44.3 Å².